The Kier molecular flexibility index (Phi) is 4.45. The van der Waals surface area contributed by atoms with Crippen molar-refractivity contribution in [2.24, 2.45) is 0 Å². The van der Waals surface area contributed by atoms with Gasteiger partial charge in [0.1, 0.15) is 5.75 Å². The smallest absolute Gasteiger partial charge is 0.387 e. The largest absolute Gasteiger partial charge is 0.434 e. The zero-order valence-electron chi connectivity index (χ0n) is 12.5. The van der Waals surface area contributed by atoms with Crippen LogP contribution in [0.1, 0.15) is 11.4 Å². The number of halogens is 2. The summed E-state index contributed by atoms with van der Waals surface area (Å²) in [6, 6.07) is 5.88. The zero-order valence-corrected chi connectivity index (χ0v) is 12.5. The van der Waals surface area contributed by atoms with Crippen LogP contribution in [0, 0.1) is 0 Å². The highest BCUT2D eigenvalue weighted by Gasteiger charge is 2.23. The van der Waals surface area contributed by atoms with Gasteiger partial charge in [0.05, 0.1) is 6.54 Å². The second-order valence-electron chi connectivity index (χ2n) is 5.16. The van der Waals surface area contributed by atoms with Crippen molar-refractivity contribution in [1.29, 1.82) is 0 Å². The molecule has 0 unspecified atom stereocenters. The second-order valence-corrected chi connectivity index (χ2v) is 5.16. The van der Waals surface area contributed by atoms with Gasteiger partial charge in [-0.25, -0.2) is 14.7 Å². The van der Waals surface area contributed by atoms with E-state index in [1.807, 2.05) is 0 Å². The van der Waals surface area contributed by atoms with Crippen LogP contribution in [0.15, 0.2) is 29.1 Å². The molecule has 2 heterocycles. The number of amides is 2. The maximum Gasteiger partial charge on any atom is 0.387 e. The van der Waals surface area contributed by atoms with Gasteiger partial charge in [-0.2, -0.15) is 13.9 Å². The van der Waals surface area contributed by atoms with Gasteiger partial charge in [0, 0.05) is 25.2 Å². The molecule has 0 fully saturated rings. The van der Waals surface area contributed by atoms with E-state index >= 15 is 0 Å². The third kappa shape index (κ3) is 3.36. The molecule has 2 amide bonds. The minimum absolute atomic E-state index is 0.0209. The summed E-state index contributed by atoms with van der Waals surface area (Å²) in [6.45, 7) is -1.98. The Hall–Kier alpha value is -2.91. The molecule has 10 heteroatoms. The molecule has 8 nitrogen and oxygen atoms in total. The molecule has 2 aromatic rings. The highest BCUT2D eigenvalue weighted by atomic mass is 19.3. The molecule has 128 valence electrons. The number of alkyl halides is 2. The lowest BCUT2D eigenvalue weighted by atomic mass is 10.2. The molecule has 0 aliphatic carbocycles. The summed E-state index contributed by atoms with van der Waals surface area (Å²) in [7, 11) is 0. The van der Waals surface area contributed by atoms with E-state index in [0.29, 0.717) is 24.5 Å². The fourth-order valence-corrected chi connectivity index (χ4v) is 2.49. The summed E-state index contributed by atoms with van der Waals surface area (Å²) < 4.78 is 30.6. The molecule has 0 saturated carbocycles. The number of urea groups is 1. The van der Waals surface area contributed by atoms with Gasteiger partial charge in [0.25, 0.3) is 0 Å². The van der Waals surface area contributed by atoms with Crippen LogP contribution in [0.4, 0.5) is 13.6 Å². The van der Waals surface area contributed by atoms with E-state index < -0.39 is 6.61 Å². The van der Waals surface area contributed by atoms with Gasteiger partial charge in [-0.1, -0.05) is 18.2 Å². The van der Waals surface area contributed by atoms with Gasteiger partial charge in [-0.05, 0) is 6.07 Å². The van der Waals surface area contributed by atoms with Crippen molar-refractivity contribution in [3.63, 3.8) is 0 Å². The molecule has 24 heavy (non-hydrogen) atoms. The predicted octanol–water partition coefficient (Wildman–Crippen LogP) is 0.898. The number of carbonyl (C=O) groups is 1. The van der Waals surface area contributed by atoms with Gasteiger partial charge < -0.3 is 15.0 Å². The van der Waals surface area contributed by atoms with Crippen LogP contribution in [-0.2, 0) is 19.6 Å². The number of hydrogen-bond donors (Lipinski definition) is 2. The zero-order chi connectivity index (χ0) is 17.1. The first kappa shape index (κ1) is 16.0. The molecular weight excluding hydrogens is 324 g/mol. The minimum atomic E-state index is -2.93. The first-order valence-electron chi connectivity index (χ1n) is 7.24. The van der Waals surface area contributed by atoms with Crippen LogP contribution in [-0.4, -0.2) is 38.9 Å². The number of hydrogen-bond acceptors (Lipinski definition) is 4. The first-order chi connectivity index (χ1) is 11.5. The SMILES string of the molecule is O=C(NCc1ccccc1OC(F)F)N1CCn2c(n[nH]c2=O)C1. The van der Waals surface area contributed by atoms with Gasteiger partial charge in [-0.15, -0.1) is 0 Å². The number of para-hydroxylation sites is 1. The van der Waals surface area contributed by atoms with E-state index in [0.717, 1.165) is 0 Å². The monoisotopic (exact) mass is 339 g/mol. The quantitative estimate of drug-likeness (QED) is 0.866. The van der Waals surface area contributed by atoms with Gasteiger partial charge in [0.15, 0.2) is 5.82 Å². The van der Waals surface area contributed by atoms with Gasteiger partial charge >= 0.3 is 18.3 Å². The molecule has 1 aromatic heterocycles. The summed E-state index contributed by atoms with van der Waals surface area (Å²) in [5.74, 6) is 0.496. The number of nitrogens with zero attached hydrogens (tertiary/aromatic N) is 3. The number of nitrogens with one attached hydrogen (secondary N) is 2. The number of aromatic amines is 1. The van der Waals surface area contributed by atoms with E-state index in [1.54, 1.807) is 18.2 Å². The molecular formula is C14H15F2N5O3. The average molecular weight is 339 g/mol. The van der Waals surface area contributed by atoms with Gasteiger partial charge in [-0.3, -0.25) is 4.57 Å². The average Bonchev–Trinajstić information content (AvgIpc) is 2.94. The van der Waals surface area contributed by atoms with Crippen molar-refractivity contribution in [2.75, 3.05) is 6.54 Å². The molecule has 0 bridgehead atoms. The molecule has 1 aliphatic rings. The summed E-state index contributed by atoms with van der Waals surface area (Å²) in [5, 5.41) is 8.84. The Labute approximate surface area is 135 Å². The van der Waals surface area contributed by atoms with Crippen molar-refractivity contribution in [2.45, 2.75) is 26.2 Å². The van der Waals surface area contributed by atoms with Crippen molar-refractivity contribution in [1.82, 2.24) is 25.0 Å². The normalized spacial score (nSPS) is 13.7. The number of ether oxygens (including phenoxy) is 1. The number of benzene rings is 1. The Morgan fingerprint density at radius 1 is 1.38 bits per heavy atom. The predicted molar refractivity (Wildman–Crippen MR) is 78.6 cm³/mol. The molecule has 1 aromatic carbocycles. The lowest BCUT2D eigenvalue weighted by Crippen LogP contribution is -2.45. The van der Waals surface area contributed by atoms with Crippen molar-refractivity contribution < 1.29 is 18.3 Å². The Morgan fingerprint density at radius 3 is 2.96 bits per heavy atom. The minimum Gasteiger partial charge on any atom is -0.434 e. The summed E-state index contributed by atoms with van der Waals surface area (Å²) in [4.78, 5) is 25.1. The number of aromatic nitrogens is 3. The third-order valence-electron chi connectivity index (χ3n) is 3.67. The van der Waals surface area contributed by atoms with E-state index in [4.69, 9.17) is 0 Å². The molecule has 0 spiro atoms. The maximum absolute atomic E-state index is 12.4. The van der Waals surface area contributed by atoms with E-state index in [9.17, 15) is 18.4 Å². The van der Waals surface area contributed by atoms with E-state index in [2.05, 4.69) is 20.3 Å². The van der Waals surface area contributed by atoms with Crippen LogP contribution in [0.3, 0.4) is 0 Å². The summed E-state index contributed by atoms with van der Waals surface area (Å²) >= 11 is 0. The lowest BCUT2D eigenvalue weighted by molar-refractivity contribution is -0.0504. The van der Waals surface area contributed by atoms with E-state index in [1.165, 1.54) is 15.5 Å². The van der Waals surface area contributed by atoms with Crippen LogP contribution < -0.4 is 15.7 Å². The van der Waals surface area contributed by atoms with E-state index in [-0.39, 0.29) is 30.6 Å². The summed E-state index contributed by atoms with van der Waals surface area (Å²) in [6.07, 6.45) is 0. The standard InChI is InChI=1S/C14H15F2N5O3/c15-12(16)24-10-4-2-1-3-9(10)7-17-13(22)20-5-6-21-11(8-20)18-19-14(21)23/h1-4,12H,5-8H2,(H,17,22)(H,19,23). The molecule has 0 saturated heterocycles. The lowest BCUT2D eigenvalue weighted by Gasteiger charge is -2.27. The number of fused-ring (bicyclic) bond motifs is 1. The van der Waals surface area contributed by atoms with Crippen LogP contribution in [0.5, 0.6) is 5.75 Å². The fourth-order valence-electron chi connectivity index (χ4n) is 2.49. The highest BCUT2D eigenvalue weighted by Crippen LogP contribution is 2.20. The van der Waals surface area contributed by atoms with Crippen LogP contribution >= 0.6 is 0 Å². The molecule has 0 atom stereocenters. The number of carbonyl (C=O) groups excluding carboxylic acids is 1. The topological polar surface area (TPSA) is 92.2 Å². The first-order valence-corrected chi connectivity index (χ1v) is 7.24. The Bertz CT molecular complexity index is 789. The van der Waals surface area contributed by atoms with Crippen molar-refractivity contribution in [3.8, 4) is 5.75 Å². The maximum atomic E-state index is 12.4. The Balaban J connectivity index is 1.62. The van der Waals surface area contributed by atoms with Crippen molar-refractivity contribution in [3.05, 3.63) is 46.1 Å². The molecule has 2 N–H and O–H groups in total. The second kappa shape index (κ2) is 6.69. The van der Waals surface area contributed by atoms with Crippen LogP contribution in [0.25, 0.3) is 0 Å². The van der Waals surface area contributed by atoms with Gasteiger partial charge in [0.2, 0.25) is 0 Å². The third-order valence-corrected chi connectivity index (χ3v) is 3.67. The fraction of sp³-hybridized carbons (Fsp3) is 0.357. The Morgan fingerprint density at radius 2 is 2.17 bits per heavy atom. The molecule has 1 aliphatic heterocycles. The molecule has 3 rings (SSSR count). The number of rotatable bonds is 4. The van der Waals surface area contributed by atoms with Crippen molar-refractivity contribution >= 4 is 6.03 Å². The van der Waals surface area contributed by atoms with Crippen LogP contribution in [0.2, 0.25) is 0 Å². The summed E-state index contributed by atoms with van der Waals surface area (Å²) in [5.41, 5.74) is 0.142. The number of H-pyrrole nitrogens is 1. The molecule has 0 radical (unpaired) electrons. The highest BCUT2D eigenvalue weighted by molar-refractivity contribution is 5.74.